The summed E-state index contributed by atoms with van der Waals surface area (Å²) >= 11 is 0. The van der Waals surface area contributed by atoms with Crippen LogP contribution in [0.25, 0.3) is 0 Å². The number of nitrogens with zero attached hydrogens (tertiary/aromatic N) is 1. The summed E-state index contributed by atoms with van der Waals surface area (Å²) in [7, 11) is 3.15. The molecule has 3 N–H and O–H groups in total. The summed E-state index contributed by atoms with van der Waals surface area (Å²) in [6, 6.07) is -0.782. The third-order valence-electron chi connectivity index (χ3n) is 2.64. The van der Waals surface area contributed by atoms with Crippen LogP contribution in [-0.2, 0) is 19.1 Å². The SMILES string of the molecule is COCCCN(CCOC)C(=O)C(N)CCC(=O)O. The van der Waals surface area contributed by atoms with Crippen molar-refractivity contribution in [3.8, 4) is 0 Å². The van der Waals surface area contributed by atoms with Crippen LogP contribution in [0.1, 0.15) is 19.3 Å². The first-order chi connectivity index (χ1) is 9.02. The molecule has 0 spiro atoms. The fourth-order valence-electron chi connectivity index (χ4n) is 1.57. The van der Waals surface area contributed by atoms with Gasteiger partial charge in [0.05, 0.1) is 12.6 Å². The Morgan fingerprint density at radius 2 is 1.84 bits per heavy atom. The minimum Gasteiger partial charge on any atom is -0.481 e. The Bertz CT molecular complexity index is 273. The molecule has 0 heterocycles. The number of aliphatic carboxylic acids is 1. The van der Waals surface area contributed by atoms with E-state index < -0.39 is 12.0 Å². The van der Waals surface area contributed by atoms with Crippen LogP contribution < -0.4 is 5.73 Å². The number of carbonyl (C=O) groups is 2. The van der Waals surface area contributed by atoms with Gasteiger partial charge in [-0.3, -0.25) is 9.59 Å². The molecule has 0 saturated heterocycles. The minimum atomic E-state index is -0.953. The van der Waals surface area contributed by atoms with E-state index in [9.17, 15) is 9.59 Å². The number of methoxy groups -OCH3 is 2. The second-order valence-electron chi connectivity index (χ2n) is 4.20. The molecule has 0 aliphatic heterocycles. The van der Waals surface area contributed by atoms with Crippen LogP contribution in [0.3, 0.4) is 0 Å². The Kier molecular flexibility index (Phi) is 10.1. The maximum Gasteiger partial charge on any atom is 0.303 e. The first-order valence-corrected chi connectivity index (χ1v) is 6.27. The van der Waals surface area contributed by atoms with Gasteiger partial charge in [-0.15, -0.1) is 0 Å². The van der Waals surface area contributed by atoms with Gasteiger partial charge in [0, 0.05) is 40.3 Å². The summed E-state index contributed by atoms with van der Waals surface area (Å²) < 4.78 is 9.88. The summed E-state index contributed by atoms with van der Waals surface area (Å²) in [5.41, 5.74) is 5.72. The van der Waals surface area contributed by atoms with Crippen molar-refractivity contribution in [2.45, 2.75) is 25.3 Å². The highest BCUT2D eigenvalue weighted by atomic mass is 16.5. The number of ether oxygens (including phenoxy) is 2. The average Bonchev–Trinajstić information content (AvgIpc) is 2.39. The van der Waals surface area contributed by atoms with Crippen molar-refractivity contribution < 1.29 is 24.2 Å². The zero-order valence-corrected chi connectivity index (χ0v) is 11.6. The zero-order valence-electron chi connectivity index (χ0n) is 11.6. The maximum atomic E-state index is 12.1. The molecule has 112 valence electrons. The third kappa shape index (κ3) is 8.52. The number of nitrogens with two attached hydrogens (primary N) is 1. The van der Waals surface area contributed by atoms with E-state index >= 15 is 0 Å². The Morgan fingerprint density at radius 3 is 2.37 bits per heavy atom. The van der Waals surface area contributed by atoms with E-state index in [1.165, 1.54) is 0 Å². The number of carboxylic acids is 1. The molecule has 0 rings (SSSR count). The molecule has 0 radical (unpaired) electrons. The Morgan fingerprint density at radius 1 is 1.21 bits per heavy atom. The lowest BCUT2D eigenvalue weighted by Crippen LogP contribution is -2.45. The molecule has 0 aliphatic carbocycles. The van der Waals surface area contributed by atoms with Gasteiger partial charge < -0.3 is 25.2 Å². The summed E-state index contributed by atoms with van der Waals surface area (Å²) in [5, 5.41) is 8.58. The van der Waals surface area contributed by atoms with Crippen molar-refractivity contribution >= 4 is 11.9 Å². The van der Waals surface area contributed by atoms with E-state index in [1.807, 2.05) is 0 Å². The number of hydrogen-bond acceptors (Lipinski definition) is 5. The molecule has 0 fully saturated rings. The summed E-state index contributed by atoms with van der Waals surface area (Å²) in [4.78, 5) is 24.1. The van der Waals surface area contributed by atoms with Crippen molar-refractivity contribution in [1.82, 2.24) is 4.90 Å². The lowest BCUT2D eigenvalue weighted by molar-refractivity contribution is -0.137. The van der Waals surface area contributed by atoms with Crippen LogP contribution in [0.2, 0.25) is 0 Å². The molecule has 1 amide bonds. The number of hydrogen-bond donors (Lipinski definition) is 2. The predicted molar refractivity (Wildman–Crippen MR) is 69.8 cm³/mol. The highest BCUT2D eigenvalue weighted by Crippen LogP contribution is 2.02. The monoisotopic (exact) mass is 276 g/mol. The van der Waals surface area contributed by atoms with Crippen molar-refractivity contribution in [1.29, 1.82) is 0 Å². The minimum absolute atomic E-state index is 0.108. The van der Waals surface area contributed by atoms with Gasteiger partial charge in [-0.1, -0.05) is 0 Å². The van der Waals surface area contributed by atoms with Crippen LogP contribution in [-0.4, -0.2) is 68.4 Å². The van der Waals surface area contributed by atoms with Gasteiger partial charge >= 0.3 is 5.97 Å². The van der Waals surface area contributed by atoms with Gasteiger partial charge in [-0.2, -0.15) is 0 Å². The zero-order chi connectivity index (χ0) is 14.7. The molecule has 7 heteroatoms. The molecule has 7 nitrogen and oxygen atoms in total. The molecular weight excluding hydrogens is 252 g/mol. The van der Waals surface area contributed by atoms with Gasteiger partial charge in [-0.05, 0) is 12.8 Å². The van der Waals surface area contributed by atoms with Crippen LogP contribution >= 0.6 is 0 Å². The van der Waals surface area contributed by atoms with E-state index in [1.54, 1.807) is 19.1 Å². The molecule has 0 aromatic heterocycles. The summed E-state index contributed by atoms with van der Waals surface area (Å²) in [6.45, 7) is 1.95. The molecule has 1 atom stereocenters. The van der Waals surface area contributed by atoms with E-state index in [-0.39, 0.29) is 18.7 Å². The first-order valence-electron chi connectivity index (χ1n) is 6.27. The molecule has 19 heavy (non-hydrogen) atoms. The number of amides is 1. The molecule has 0 aromatic carbocycles. The summed E-state index contributed by atoms with van der Waals surface area (Å²) in [5.74, 6) is -1.19. The van der Waals surface area contributed by atoms with Crippen molar-refractivity contribution in [2.24, 2.45) is 5.73 Å². The van der Waals surface area contributed by atoms with Crippen LogP contribution in [0.15, 0.2) is 0 Å². The maximum absolute atomic E-state index is 12.1. The molecule has 0 bridgehead atoms. The molecule has 0 aromatic rings. The van der Waals surface area contributed by atoms with Gasteiger partial charge in [0.25, 0.3) is 0 Å². The molecule has 0 saturated carbocycles. The van der Waals surface area contributed by atoms with E-state index in [2.05, 4.69) is 0 Å². The van der Waals surface area contributed by atoms with E-state index in [4.69, 9.17) is 20.3 Å². The number of carboxylic acid groups (broad SMARTS) is 1. The lowest BCUT2D eigenvalue weighted by Gasteiger charge is -2.25. The van der Waals surface area contributed by atoms with Gasteiger partial charge in [-0.25, -0.2) is 0 Å². The van der Waals surface area contributed by atoms with Crippen LogP contribution in [0.5, 0.6) is 0 Å². The normalized spacial score (nSPS) is 12.2. The van der Waals surface area contributed by atoms with Gasteiger partial charge in [0.15, 0.2) is 0 Å². The Labute approximate surface area is 113 Å². The number of rotatable bonds is 11. The van der Waals surface area contributed by atoms with Crippen molar-refractivity contribution in [3.05, 3.63) is 0 Å². The molecule has 0 aliphatic rings. The quantitative estimate of drug-likeness (QED) is 0.502. The largest absolute Gasteiger partial charge is 0.481 e. The van der Waals surface area contributed by atoms with Gasteiger partial charge in [0.2, 0.25) is 5.91 Å². The van der Waals surface area contributed by atoms with Crippen molar-refractivity contribution in [3.63, 3.8) is 0 Å². The molecular formula is C12H24N2O5. The second-order valence-corrected chi connectivity index (χ2v) is 4.20. The summed E-state index contributed by atoms with van der Waals surface area (Å²) in [6.07, 6.45) is 0.739. The van der Waals surface area contributed by atoms with Crippen LogP contribution in [0, 0.1) is 0 Å². The van der Waals surface area contributed by atoms with E-state index in [0.717, 1.165) is 0 Å². The Hall–Kier alpha value is -1.18. The van der Waals surface area contributed by atoms with E-state index in [0.29, 0.717) is 32.7 Å². The fraction of sp³-hybridized carbons (Fsp3) is 0.833. The smallest absolute Gasteiger partial charge is 0.303 e. The molecule has 1 unspecified atom stereocenters. The Balaban J connectivity index is 4.28. The van der Waals surface area contributed by atoms with Crippen LogP contribution in [0.4, 0.5) is 0 Å². The average molecular weight is 276 g/mol. The highest BCUT2D eigenvalue weighted by molar-refractivity contribution is 5.82. The van der Waals surface area contributed by atoms with Crippen molar-refractivity contribution in [2.75, 3.05) is 40.5 Å². The topological polar surface area (TPSA) is 102 Å². The fourth-order valence-corrected chi connectivity index (χ4v) is 1.57. The standard InChI is InChI=1S/C12H24N2O5/c1-18-8-3-6-14(7-9-19-2)12(17)10(13)4-5-11(15)16/h10H,3-9,13H2,1-2H3,(H,15,16). The van der Waals surface area contributed by atoms with Gasteiger partial charge in [0.1, 0.15) is 0 Å². The lowest BCUT2D eigenvalue weighted by atomic mass is 10.1. The predicted octanol–water partition coefficient (Wildman–Crippen LogP) is -0.310. The number of carbonyl (C=O) groups excluding carboxylic acids is 1. The third-order valence-corrected chi connectivity index (χ3v) is 2.64. The highest BCUT2D eigenvalue weighted by Gasteiger charge is 2.21. The first kappa shape index (κ1) is 17.8. The second kappa shape index (κ2) is 10.7.